The Morgan fingerprint density at radius 3 is 2.53 bits per heavy atom. The van der Waals surface area contributed by atoms with E-state index in [1.807, 2.05) is 37.3 Å². The van der Waals surface area contributed by atoms with Crippen molar-refractivity contribution in [1.29, 1.82) is 0 Å². The summed E-state index contributed by atoms with van der Waals surface area (Å²) < 4.78 is 1.01. The number of rotatable bonds is 4. The van der Waals surface area contributed by atoms with Gasteiger partial charge in [-0.25, -0.2) is 0 Å². The third-order valence-electron chi connectivity index (χ3n) is 2.81. The Labute approximate surface area is 119 Å². The van der Waals surface area contributed by atoms with E-state index < -0.39 is 0 Å². The van der Waals surface area contributed by atoms with Crippen LogP contribution in [-0.4, -0.2) is 4.92 Å². The number of benzene rings is 2. The highest BCUT2D eigenvalue weighted by atomic mass is 79.9. The summed E-state index contributed by atoms with van der Waals surface area (Å²) in [6.45, 7) is 1.97. The molecule has 2 aromatic rings. The van der Waals surface area contributed by atoms with E-state index in [-0.39, 0.29) is 16.7 Å². The lowest BCUT2D eigenvalue weighted by molar-refractivity contribution is -0.384. The molecule has 0 amide bonds. The topological polar surface area (TPSA) is 55.2 Å². The van der Waals surface area contributed by atoms with Gasteiger partial charge in [0.1, 0.15) is 0 Å². The van der Waals surface area contributed by atoms with Crippen LogP contribution in [0.4, 0.5) is 11.4 Å². The average molecular weight is 321 g/mol. The molecule has 0 spiro atoms. The van der Waals surface area contributed by atoms with E-state index in [1.54, 1.807) is 12.1 Å². The number of nitrogens with one attached hydrogen (secondary N) is 1. The largest absolute Gasteiger partial charge is 0.379 e. The Morgan fingerprint density at radius 1 is 1.21 bits per heavy atom. The van der Waals surface area contributed by atoms with E-state index in [9.17, 15) is 10.1 Å². The minimum absolute atomic E-state index is 0.000996. The van der Waals surface area contributed by atoms with Gasteiger partial charge < -0.3 is 5.32 Å². The molecule has 0 saturated carbocycles. The Kier molecular flexibility index (Phi) is 4.16. The van der Waals surface area contributed by atoms with Crippen molar-refractivity contribution in [3.8, 4) is 0 Å². The monoisotopic (exact) mass is 320 g/mol. The number of nitro benzene ring substituents is 1. The zero-order chi connectivity index (χ0) is 13.8. The van der Waals surface area contributed by atoms with Crippen LogP contribution in [0, 0.1) is 10.1 Å². The number of anilines is 1. The van der Waals surface area contributed by atoms with Gasteiger partial charge in [0.2, 0.25) is 0 Å². The molecule has 0 bridgehead atoms. The first-order valence-electron chi connectivity index (χ1n) is 5.83. The van der Waals surface area contributed by atoms with Gasteiger partial charge in [-0.1, -0.05) is 28.1 Å². The number of hydrogen-bond donors (Lipinski definition) is 1. The zero-order valence-electron chi connectivity index (χ0n) is 10.3. The van der Waals surface area contributed by atoms with Crippen molar-refractivity contribution >= 4 is 27.3 Å². The second-order valence-corrected chi connectivity index (χ2v) is 5.14. The normalized spacial score (nSPS) is 11.9. The fraction of sp³-hybridized carbons (Fsp3) is 0.143. The summed E-state index contributed by atoms with van der Waals surface area (Å²) in [7, 11) is 0. The molecule has 0 aliphatic heterocycles. The molecule has 2 rings (SSSR count). The molecule has 1 atom stereocenters. The maximum Gasteiger partial charge on any atom is 0.269 e. The molecule has 1 N–H and O–H groups in total. The average Bonchev–Trinajstić information content (AvgIpc) is 2.41. The molecule has 98 valence electrons. The van der Waals surface area contributed by atoms with Gasteiger partial charge in [-0.2, -0.15) is 0 Å². The molecule has 19 heavy (non-hydrogen) atoms. The van der Waals surface area contributed by atoms with Crippen LogP contribution in [0.25, 0.3) is 0 Å². The molecule has 5 heteroatoms. The quantitative estimate of drug-likeness (QED) is 0.665. The first-order chi connectivity index (χ1) is 9.06. The van der Waals surface area contributed by atoms with Crippen molar-refractivity contribution in [3.05, 3.63) is 68.7 Å². The van der Waals surface area contributed by atoms with Crippen LogP contribution in [0.5, 0.6) is 0 Å². The Hall–Kier alpha value is -1.88. The van der Waals surface area contributed by atoms with Gasteiger partial charge in [0.05, 0.1) is 4.92 Å². The molecule has 0 aromatic heterocycles. The number of hydrogen-bond acceptors (Lipinski definition) is 3. The second-order valence-electron chi connectivity index (χ2n) is 4.23. The Balaban J connectivity index is 2.15. The maximum atomic E-state index is 10.8. The molecule has 0 saturated heterocycles. The van der Waals surface area contributed by atoms with Gasteiger partial charge in [-0.05, 0) is 36.8 Å². The van der Waals surface area contributed by atoms with Crippen LogP contribution < -0.4 is 5.32 Å². The Morgan fingerprint density at radius 2 is 1.89 bits per heavy atom. The Bertz CT molecular complexity index is 584. The molecule has 0 aliphatic rings. The minimum Gasteiger partial charge on any atom is -0.379 e. The summed E-state index contributed by atoms with van der Waals surface area (Å²) in [5.74, 6) is 0. The standard InChI is InChI=1S/C14H13BrN2O2/c1-10(16-13-7-5-12(15)6-8-13)11-3-2-4-14(9-11)17(18)19/h2-10,16H,1H3. The second kappa shape index (κ2) is 5.84. The molecule has 0 radical (unpaired) electrons. The fourth-order valence-corrected chi connectivity index (χ4v) is 2.05. The summed E-state index contributed by atoms with van der Waals surface area (Å²) in [4.78, 5) is 10.4. The number of nitro groups is 1. The van der Waals surface area contributed by atoms with Gasteiger partial charge >= 0.3 is 0 Å². The molecule has 2 aromatic carbocycles. The molecule has 4 nitrogen and oxygen atoms in total. The minimum atomic E-state index is -0.379. The van der Waals surface area contributed by atoms with Crippen LogP contribution in [0.2, 0.25) is 0 Å². The van der Waals surface area contributed by atoms with Crippen LogP contribution in [0.3, 0.4) is 0 Å². The van der Waals surface area contributed by atoms with Crippen LogP contribution in [0.15, 0.2) is 53.0 Å². The SMILES string of the molecule is CC(Nc1ccc(Br)cc1)c1cccc([N+](=O)[O-])c1. The predicted molar refractivity (Wildman–Crippen MR) is 79.3 cm³/mol. The predicted octanol–water partition coefficient (Wildman–Crippen LogP) is 4.53. The highest BCUT2D eigenvalue weighted by Crippen LogP contribution is 2.23. The van der Waals surface area contributed by atoms with Gasteiger partial charge in [0.25, 0.3) is 5.69 Å². The first kappa shape index (κ1) is 13.5. The van der Waals surface area contributed by atoms with E-state index in [0.29, 0.717) is 0 Å². The molecular weight excluding hydrogens is 308 g/mol. The summed E-state index contributed by atoms with van der Waals surface area (Å²) in [6, 6.07) is 14.5. The molecular formula is C14H13BrN2O2. The van der Waals surface area contributed by atoms with Crippen LogP contribution >= 0.6 is 15.9 Å². The highest BCUT2D eigenvalue weighted by molar-refractivity contribution is 9.10. The van der Waals surface area contributed by atoms with Crippen LogP contribution in [-0.2, 0) is 0 Å². The lowest BCUT2D eigenvalue weighted by Crippen LogP contribution is -2.06. The third kappa shape index (κ3) is 3.54. The van der Waals surface area contributed by atoms with Crippen molar-refractivity contribution in [1.82, 2.24) is 0 Å². The first-order valence-corrected chi connectivity index (χ1v) is 6.62. The molecule has 0 fully saturated rings. The lowest BCUT2D eigenvalue weighted by Gasteiger charge is -2.15. The van der Waals surface area contributed by atoms with Crippen molar-refractivity contribution < 1.29 is 4.92 Å². The third-order valence-corrected chi connectivity index (χ3v) is 3.34. The van der Waals surface area contributed by atoms with E-state index in [1.165, 1.54) is 6.07 Å². The molecule has 1 unspecified atom stereocenters. The zero-order valence-corrected chi connectivity index (χ0v) is 11.9. The van der Waals surface area contributed by atoms with E-state index >= 15 is 0 Å². The van der Waals surface area contributed by atoms with Crippen molar-refractivity contribution in [2.24, 2.45) is 0 Å². The summed E-state index contributed by atoms with van der Waals surface area (Å²) in [6.07, 6.45) is 0. The number of non-ortho nitro benzene ring substituents is 1. The van der Waals surface area contributed by atoms with Gasteiger partial charge in [-0.3, -0.25) is 10.1 Å². The van der Waals surface area contributed by atoms with E-state index in [0.717, 1.165) is 15.7 Å². The fourth-order valence-electron chi connectivity index (χ4n) is 1.79. The highest BCUT2D eigenvalue weighted by Gasteiger charge is 2.10. The number of halogens is 1. The molecule has 0 aliphatic carbocycles. The summed E-state index contributed by atoms with van der Waals surface area (Å²) in [5, 5.41) is 14.1. The smallest absolute Gasteiger partial charge is 0.269 e. The summed E-state index contributed by atoms with van der Waals surface area (Å²) in [5.41, 5.74) is 1.97. The van der Waals surface area contributed by atoms with Gasteiger partial charge in [0.15, 0.2) is 0 Å². The maximum absolute atomic E-state index is 10.8. The van der Waals surface area contributed by atoms with Crippen LogP contribution in [0.1, 0.15) is 18.5 Å². The lowest BCUT2D eigenvalue weighted by atomic mass is 10.1. The van der Waals surface area contributed by atoms with E-state index in [4.69, 9.17) is 0 Å². The van der Waals surface area contributed by atoms with Gasteiger partial charge in [0, 0.05) is 28.3 Å². The van der Waals surface area contributed by atoms with Crippen molar-refractivity contribution in [2.45, 2.75) is 13.0 Å². The number of nitrogens with zero attached hydrogens (tertiary/aromatic N) is 1. The van der Waals surface area contributed by atoms with Crippen molar-refractivity contribution in [3.63, 3.8) is 0 Å². The van der Waals surface area contributed by atoms with Crippen molar-refractivity contribution in [2.75, 3.05) is 5.32 Å². The molecule has 0 heterocycles. The summed E-state index contributed by atoms with van der Waals surface area (Å²) >= 11 is 3.38. The van der Waals surface area contributed by atoms with E-state index in [2.05, 4.69) is 21.2 Å². The van der Waals surface area contributed by atoms with Gasteiger partial charge in [-0.15, -0.1) is 0 Å².